The number of amides is 1. The number of anilines is 1. The van der Waals surface area contributed by atoms with Crippen molar-refractivity contribution in [3.8, 4) is 0 Å². The Hall–Kier alpha value is -2.69. The molecule has 2 aromatic carbocycles. The Balaban J connectivity index is 2.29. The maximum atomic E-state index is 13.1. The first-order valence-electron chi connectivity index (χ1n) is 7.74. The molecule has 126 valence electrons. The second-order valence-corrected chi connectivity index (χ2v) is 5.79. The average Bonchev–Trinajstić information content (AvgIpc) is 2.52. The summed E-state index contributed by atoms with van der Waals surface area (Å²) in [5.41, 5.74) is 2.79. The van der Waals surface area contributed by atoms with Crippen molar-refractivity contribution in [3.05, 3.63) is 64.5 Å². The van der Waals surface area contributed by atoms with Crippen LogP contribution in [0.4, 0.5) is 10.1 Å². The minimum Gasteiger partial charge on any atom is -0.478 e. The van der Waals surface area contributed by atoms with E-state index < -0.39 is 11.9 Å². The molecule has 5 heteroatoms. The molecule has 0 aliphatic heterocycles. The Morgan fingerprint density at radius 2 is 1.75 bits per heavy atom. The van der Waals surface area contributed by atoms with E-state index in [4.69, 9.17) is 0 Å². The van der Waals surface area contributed by atoms with Crippen LogP contribution in [-0.2, 0) is 4.79 Å². The minimum atomic E-state index is -1.03. The van der Waals surface area contributed by atoms with Gasteiger partial charge < -0.3 is 10.4 Å². The smallest absolute Gasteiger partial charge is 0.336 e. The summed E-state index contributed by atoms with van der Waals surface area (Å²) in [6.45, 7) is 5.40. The van der Waals surface area contributed by atoms with Gasteiger partial charge in [-0.3, -0.25) is 4.79 Å². The number of carbonyl (C=O) groups excluding carboxylic acids is 1. The number of nitrogens with one attached hydrogen (secondary N) is 1. The summed E-state index contributed by atoms with van der Waals surface area (Å²) < 4.78 is 13.1. The van der Waals surface area contributed by atoms with Crippen LogP contribution in [0.15, 0.2) is 36.4 Å². The van der Waals surface area contributed by atoms with E-state index in [0.29, 0.717) is 17.7 Å². The summed E-state index contributed by atoms with van der Waals surface area (Å²) in [6, 6.07) is 9.04. The van der Waals surface area contributed by atoms with E-state index in [-0.39, 0.29) is 17.3 Å². The molecule has 24 heavy (non-hydrogen) atoms. The number of benzene rings is 2. The maximum absolute atomic E-state index is 13.1. The predicted octanol–water partition coefficient (Wildman–Crippen LogP) is 4.27. The van der Waals surface area contributed by atoms with Crippen LogP contribution < -0.4 is 5.32 Å². The van der Waals surface area contributed by atoms with Gasteiger partial charge in [-0.2, -0.15) is 0 Å². The number of carboxylic acids is 1. The Morgan fingerprint density at radius 1 is 1.12 bits per heavy atom. The lowest BCUT2D eigenvalue weighted by atomic mass is 9.95. The van der Waals surface area contributed by atoms with Crippen LogP contribution in [0.5, 0.6) is 0 Å². The van der Waals surface area contributed by atoms with Crippen LogP contribution >= 0.6 is 0 Å². The molecule has 0 spiro atoms. The lowest BCUT2D eigenvalue weighted by Gasteiger charge is -2.17. The molecule has 0 aromatic heterocycles. The lowest BCUT2D eigenvalue weighted by molar-refractivity contribution is -0.117. The normalized spacial score (nSPS) is 11.8. The zero-order valence-electron chi connectivity index (χ0n) is 13.9. The number of aryl methyl sites for hydroxylation is 2. The molecule has 0 saturated heterocycles. The third kappa shape index (κ3) is 3.79. The molecule has 0 aliphatic rings. The molecular weight excluding hydrogens is 309 g/mol. The van der Waals surface area contributed by atoms with Crippen molar-refractivity contribution in [2.45, 2.75) is 33.1 Å². The standard InChI is InChI=1S/C19H20FNO3/c1-4-15(13-5-7-14(20)8-6-13)18(22)21-17-10-16(19(23)24)11(2)9-12(17)3/h5-10,15H,4H2,1-3H3,(H,21,22)(H,23,24). The van der Waals surface area contributed by atoms with Crippen molar-refractivity contribution >= 4 is 17.6 Å². The summed E-state index contributed by atoms with van der Waals surface area (Å²) in [4.78, 5) is 23.9. The zero-order chi connectivity index (χ0) is 17.9. The first kappa shape index (κ1) is 17.7. The molecule has 1 unspecified atom stereocenters. The molecule has 0 radical (unpaired) electrons. The second-order valence-electron chi connectivity index (χ2n) is 5.79. The van der Waals surface area contributed by atoms with E-state index in [2.05, 4.69) is 5.32 Å². The van der Waals surface area contributed by atoms with Crippen molar-refractivity contribution < 1.29 is 19.1 Å². The maximum Gasteiger partial charge on any atom is 0.336 e. The van der Waals surface area contributed by atoms with Gasteiger partial charge in [0.1, 0.15) is 5.82 Å². The molecular formula is C19H20FNO3. The largest absolute Gasteiger partial charge is 0.478 e. The molecule has 1 amide bonds. The van der Waals surface area contributed by atoms with Crippen molar-refractivity contribution in [2.75, 3.05) is 5.32 Å². The average molecular weight is 329 g/mol. The first-order valence-corrected chi connectivity index (χ1v) is 7.74. The van der Waals surface area contributed by atoms with Crippen molar-refractivity contribution in [1.82, 2.24) is 0 Å². The van der Waals surface area contributed by atoms with Gasteiger partial charge >= 0.3 is 5.97 Å². The number of halogens is 1. The molecule has 2 aromatic rings. The van der Waals surface area contributed by atoms with Crippen molar-refractivity contribution in [3.63, 3.8) is 0 Å². The van der Waals surface area contributed by atoms with E-state index in [1.54, 1.807) is 25.1 Å². The van der Waals surface area contributed by atoms with E-state index >= 15 is 0 Å². The van der Waals surface area contributed by atoms with E-state index in [1.165, 1.54) is 18.2 Å². The Bertz CT molecular complexity index is 769. The molecule has 4 nitrogen and oxygen atoms in total. The first-order chi connectivity index (χ1) is 11.3. The molecule has 0 fully saturated rings. The number of hydrogen-bond donors (Lipinski definition) is 2. The van der Waals surface area contributed by atoms with Gasteiger partial charge in [0.05, 0.1) is 11.5 Å². The molecule has 1 atom stereocenters. The molecule has 0 saturated carbocycles. The minimum absolute atomic E-state index is 0.158. The van der Waals surface area contributed by atoms with Gasteiger partial charge in [-0.15, -0.1) is 0 Å². The molecule has 0 aliphatic carbocycles. The molecule has 2 rings (SSSR count). The van der Waals surface area contributed by atoms with Crippen LogP contribution in [0, 0.1) is 19.7 Å². The number of hydrogen-bond acceptors (Lipinski definition) is 2. The fourth-order valence-electron chi connectivity index (χ4n) is 2.70. The summed E-state index contributed by atoms with van der Waals surface area (Å²) in [5.74, 6) is -2.06. The molecule has 0 heterocycles. The summed E-state index contributed by atoms with van der Waals surface area (Å²) >= 11 is 0. The zero-order valence-corrected chi connectivity index (χ0v) is 13.9. The third-order valence-electron chi connectivity index (χ3n) is 4.06. The molecule has 2 N–H and O–H groups in total. The fourth-order valence-corrected chi connectivity index (χ4v) is 2.70. The number of carboxylic acid groups (broad SMARTS) is 1. The number of carbonyl (C=O) groups is 2. The summed E-state index contributed by atoms with van der Waals surface area (Å²) in [7, 11) is 0. The van der Waals surface area contributed by atoms with Crippen LogP contribution in [-0.4, -0.2) is 17.0 Å². The Kier molecular flexibility index (Phi) is 5.34. The van der Waals surface area contributed by atoms with Gasteiger partial charge in [-0.1, -0.05) is 25.1 Å². The lowest BCUT2D eigenvalue weighted by Crippen LogP contribution is -2.21. The van der Waals surface area contributed by atoms with Gasteiger partial charge in [-0.25, -0.2) is 9.18 Å². The number of aromatic carboxylic acids is 1. The van der Waals surface area contributed by atoms with E-state index in [1.807, 2.05) is 13.8 Å². The van der Waals surface area contributed by atoms with Gasteiger partial charge in [0.2, 0.25) is 5.91 Å². The third-order valence-corrected chi connectivity index (χ3v) is 4.06. The Morgan fingerprint density at radius 3 is 2.29 bits per heavy atom. The SMILES string of the molecule is CCC(C(=O)Nc1cc(C(=O)O)c(C)cc1C)c1ccc(F)cc1. The highest BCUT2D eigenvalue weighted by atomic mass is 19.1. The highest BCUT2D eigenvalue weighted by Gasteiger charge is 2.20. The van der Waals surface area contributed by atoms with Crippen molar-refractivity contribution in [1.29, 1.82) is 0 Å². The van der Waals surface area contributed by atoms with Gasteiger partial charge in [0.15, 0.2) is 0 Å². The summed E-state index contributed by atoms with van der Waals surface area (Å²) in [6.07, 6.45) is 0.550. The molecule has 0 bridgehead atoms. The van der Waals surface area contributed by atoms with Crippen molar-refractivity contribution in [2.24, 2.45) is 0 Å². The predicted molar refractivity (Wildman–Crippen MR) is 90.9 cm³/mol. The summed E-state index contributed by atoms with van der Waals surface area (Å²) in [5, 5.41) is 12.0. The van der Waals surface area contributed by atoms with Gasteiger partial charge in [0, 0.05) is 5.69 Å². The monoisotopic (exact) mass is 329 g/mol. The van der Waals surface area contributed by atoms with Crippen LogP contribution in [0.25, 0.3) is 0 Å². The Labute approximate surface area is 140 Å². The number of rotatable bonds is 5. The van der Waals surface area contributed by atoms with E-state index in [0.717, 1.165) is 11.1 Å². The topological polar surface area (TPSA) is 66.4 Å². The fraction of sp³-hybridized carbons (Fsp3) is 0.263. The van der Waals surface area contributed by atoms with Gasteiger partial charge in [-0.05, 0) is 55.2 Å². The van der Waals surface area contributed by atoms with E-state index in [9.17, 15) is 19.1 Å². The highest BCUT2D eigenvalue weighted by molar-refractivity contribution is 5.98. The van der Waals surface area contributed by atoms with Crippen LogP contribution in [0.1, 0.15) is 46.3 Å². The van der Waals surface area contributed by atoms with Crippen LogP contribution in [0.3, 0.4) is 0 Å². The quantitative estimate of drug-likeness (QED) is 0.861. The van der Waals surface area contributed by atoms with Crippen LogP contribution in [0.2, 0.25) is 0 Å². The highest BCUT2D eigenvalue weighted by Crippen LogP contribution is 2.25. The second kappa shape index (κ2) is 7.25. The van der Waals surface area contributed by atoms with Gasteiger partial charge in [0.25, 0.3) is 0 Å².